The Bertz CT molecular complexity index is 958. The van der Waals surface area contributed by atoms with Crippen LogP contribution >= 0.6 is 23.2 Å². The summed E-state index contributed by atoms with van der Waals surface area (Å²) in [7, 11) is 0. The molecule has 6 nitrogen and oxygen atoms in total. The van der Waals surface area contributed by atoms with Gasteiger partial charge in [0.2, 0.25) is 5.82 Å². The highest BCUT2D eigenvalue weighted by molar-refractivity contribution is 6.35. The average Bonchev–Trinajstić information content (AvgIpc) is 3.11. The van der Waals surface area contributed by atoms with Crippen molar-refractivity contribution in [2.75, 3.05) is 0 Å². The molecular formula is C19H16Cl2N2O4. The van der Waals surface area contributed by atoms with Gasteiger partial charge in [0.05, 0.1) is 5.02 Å². The molecule has 1 atom stereocenters. The van der Waals surface area contributed by atoms with Crippen LogP contribution in [0.4, 0.5) is 0 Å². The van der Waals surface area contributed by atoms with Gasteiger partial charge < -0.3 is 14.0 Å². The number of hydrogen-bond acceptors (Lipinski definition) is 6. The lowest BCUT2D eigenvalue weighted by molar-refractivity contribution is -0.153. The summed E-state index contributed by atoms with van der Waals surface area (Å²) in [5, 5.41) is 4.70. The molecule has 1 aromatic heterocycles. The zero-order chi connectivity index (χ0) is 19.4. The van der Waals surface area contributed by atoms with Crippen LogP contribution in [0.15, 0.2) is 47.0 Å². The van der Waals surface area contributed by atoms with Gasteiger partial charge in [-0.25, -0.2) is 4.79 Å². The molecule has 0 radical (unpaired) electrons. The van der Waals surface area contributed by atoms with Gasteiger partial charge in [-0.2, -0.15) is 4.98 Å². The molecule has 3 rings (SSSR count). The van der Waals surface area contributed by atoms with E-state index in [4.69, 9.17) is 37.2 Å². The first-order valence-corrected chi connectivity index (χ1v) is 8.86. The molecule has 8 heteroatoms. The Kier molecular flexibility index (Phi) is 5.98. The van der Waals surface area contributed by atoms with Crippen LogP contribution in [0.3, 0.4) is 0 Å². The zero-order valence-electron chi connectivity index (χ0n) is 14.6. The summed E-state index contributed by atoms with van der Waals surface area (Å²) in [6, 6.07) is 12.4. The van der Waals surface area contributed by atoms with Crippen molar-refractivity contribution in [3.63, 3.8) is 0 Å². The number of aromatic nitrogens is 2. The van der Waals surface area contributed by atoms with Crippen molar-refractivity contribution in [1.82, 2.24) is 10.1 Å². The number of nitrogens with zero attached hydrogens (tertiary/aromatic N) is 2. The molecule has 0 aliphatic rings. The van der Waals surface area contributed by atoms with Crippen LogP contribution in [-0.4, -0.2) is 22.2 Å². The van der Waals surface area contributed by atoms with Crippen molar-refractivity contribution in [2.45, 2.75) is 26.6 Å². The molecule has 0 saturated carbocycles. The van der Waals surface area contributed by atoms with Gasteiger partial charge in [0.1, 0.15) is 5.75 Å². The highest BCUT2D eigenvalue weighted by atomic mass is 35.5. The second-order valence-corrected chi connectivity index (χ2v) is 6.61. The number of aryl methyl sites for hydroxylation is 1. The van der Waals surface area contributed by atoms with Gasteiger partial charge in [-0.1, -0.05) is 52.6 Å². The fraction of sp³-hybridized carbons (Fsp3) is 0.211. The van der Waals surface area contributed by atoms with E-state index in [2.05, 4.69) is 10.1 Å². The van der Waals surface area contributed by atoms with Gasteiger partial charge >= 0.3 is 5.97 Å². The quantitative estimate of drug-likeness (QED) is 0.543. The van der Waals surface area contributed by atoms with Gasteiger partial charge in [0, 0.05) is 10.6 Å². The van der Waals surface area contributed by atoms with Gasteiger partial charge in [-0.15, -0.1) is 0 Å². The number of carbonyl (C=O) groups excluding carboxylic acids is 1. The molecule has 0 aliphatic carbocycles. The summed E-state index contributed by atoms with van der Waals surface area (Å²) in [4.78, 5) is 16.4. The normalized spacial score (nSPS) is 11.9. The van der Waals surface area contributed by atoms with Crippen LogP contribution in [0.1, 0.15) is 18.4 Å². The van der Waals surface area contributed by atoms with E-state index >= 15 is 0 Å². The van der Waals surface area contributed by atoms with Crippen LogP contribution in [-0.2, 0) is 16.1 Å². The minimum Gasteiger partial charge on any atom is -0.477 e. The highest BCUT2D eigenvalue weighted by Gasteiger charge is 2.19. The molecule has 0 N–H and O–H groups in total. The van der Waals surface area contributed by atoms with E-state index in [1.807, 2.05) is 31.2 Å². The molecule has 0 saturated heterocycles. The van der Waals surface area contributed by atoms with Crippen molar-refractivity contribution in [3.05, 3.63) is 64.0 Å². The highest BCUT2D eigenvalue weighted by Crippen LogP contribution is 2.28. The van der Waals surface area contributed by atoms with E-state index < -0.39 is 12.1 Å². The second kappa shape index (κ2) is 8.41. The maximum absolute atomic E-state index is 12.1. The Labute approximate surface area is 166 Å². The largest absolute Gasteiger partial charge is 0.477 e. The van der Waals surface area contributed by atoms with Gasteiger partial charge in [-0.05, 0) is 37.6 Å². The Hall–Kier alpha value is -2.57. The molecule has 2 aromatic carbocycles. The monoisotopic (exact) mass is 406 g/mol. The molecule has 0 unspecified atom stereocenters. The minimum absolute atomic E-state index is 0.153. The van der Waals surface area contributed by atoms with Crippen LogP contribution in [0.2, 0.25) is 10.0 Å². The summed E-state index contributed by atoms with van der Waals surface area (Å²) >= 11 is 11.9. The Morgan fingerprint density at radius 1 is 1.22 bits per heavy atom. The fourth-order valence-corrected chi connectivity index (χ4v) is 2.76. The smallest absolute Gasteiger partial charge is 0.347 e. The van der Waals surface area contributed by atoms with Crippen LogP contribution < -0.4 is 4.74 Å². The summed E-state index contributed by atoms with van der Waals surface area (Å²) in [5.41, 5.74) is 1.87. The zero-order valence-corrected chi connectivity index (χ0v) is 16.1. The number of benzene rings is 2. The predicted octanol–water partition coefficient (Wildman–Crippen LogP) is 4.86. The number of carbonyl (C=O) groups is 1. The van der Waals surface area contributed by atoms with Crippen LogP contribution in [0.5, 0.6) is 5.75 Å². The van der Waals surface area contributed by atoms with Crippen molar-refractivity contribution in [1.29, 1.82) is 0 Å². The molecule has 0 aliphatic heterocycles. The third-order valence-electron chi connectivity index (χ3n) is 3.72. The number of ether oxygens (including phenoxy) is 2. The predicted molar refractivity (Wildman–Crippen MR) is 101 cm³/mol. The van der Waals surface area contributed by atoms with E-state index in [9.17, 15) is 4.79 Å². The van der Waals surface area contributed by atoms with E-state index in [-0.39, 0.29) is 12.5 Å². The first-order chi connectivity index (χ1) is 12.9. The minimum atomic E-state index is -0.873. The standard InChI is InChI=1S/C19H16Cl2N2O4/c1-11-5-3-4-6-14(11)18-22-17(27-23-18)10-25-19(24)12(2)26-16-8-7-13(20)9-15(16)21/h3-9,12H,10H2,1-2H3/t12-/m1/s1. The van der Waals surface area contributed by atoms with Crippen molar-refractivity contribution >= 4 is 29.2 Å². The maximum atomic E-state index is 12.1. The lowest BCUT2D eigenvalue weighted by Gasteiger charge is -2.14. The van der Waals surface area contributed by atoms with Gasteiger partial charge in [0.25, 0.3) is 5.89 Å². The summed E-state index contributed by atoms with van der Waals surface area (Å²) < 4.78 is 15.8. The Morgan fingerprint density at radius 2 is 2.00 bits per heavy atom. The van der Waals surface area contributed by atoms with Gasteiger partial charge in [0.15, 0.2) is 12.7 Å². The summed E-state index contributed by atoms with van der Waals surface area (Å²) in [6.07, 6.45) is -0.873. The Morgan fingerprint density at radius 3 is 2.74 bits per heavy atom. The Balaban J connectivity index is 1.58. The molecule has 0 amide bonds. The topological polar surface area (TPSA) is 74.5 Å². The first kappa shape index (κ1) is 19.2. The molecule has 27 heavy (non-hydrogen) atoms. The van der Waals surface area contributed by atoms with E-state index in [0.717, 1.165) is 11.1 Å². The third kappa shape index (κ3) is 4.78. The number of halogens is 2. The van der Waals surface area contributed by atoms with Crippen molar-refractivity contribution in [2.24, 2.45) is 0 Å². The molecule has 1 heterocycles. The summed E-state index contributed by atoms with van der Waals surface area (Å²) in [5.74, 6) is 0.386. The molecule has 140 valence electrons. The first-order valence-electron chi connectivity index (χ1n) is 8.11. The number of hydrogen-bond donors (Lipinski definition) is 0. The van der Waals surface area contributed by atoms with E-state index in [1.165, 1.54) is 6.07 Å². The third-order valence-corrected chi connectivity index (χ3v) is 4.25. The molecule has 3 aromatic rings. The molecular weight excluding hydrogens is 391 g/mol. The second-order valence-electron chi connectivity index (χ2n) is 5.77. The van der Waals surface area contributed by atoms with Crippen molar-refractivity contribution < 1.29 is 18.8 Å². The van der Waals surface area contributed by atoms with Crippen LogP contribution in [0, 0.1) is 6.92 Å². The lowest BCUT2D eigenvalue weighted by Crippen LogP contribution is -2.26. The fourth-order valence-electron chi connectivity index (χ4n) is 2.31. The maximum Gasteiger partial charge on any atom is 0.347 e. The average molecular weight is 407 g/mol. The van der Waals surface area contributed by atoms with E-state index in [1.54, 1.807) is 19.1 Å². The van der Waals surface area contributed by atoms with Gasteiger partial charge in [-0.3, -0.25) is 0 Å². The SMILES string of the molecule is Cc1ccccc1-c1noc(COC(=O)[C@@H](C)Oc2ccc(Cl)cc2Cl)n1. The number of esters is 1. The van der Waals surface area contributed by atoms with Crippen molar-refractivity contribution in [3.8, 4) is 17.1 Å². The lowest BCUT2D eigenvalue weighted by atomic mass is 10.1. The molecule has 0 bridgehead atoms. The van der Waals surface area contributed by atoms with E-state index in [0.29, 0.717) is 21.6 Å². The van der Waals surface area contributed by atoms with Crippen LogP contribution in [0.25, 0.3) is 11.4 Å². The summed E-state index contributed by atoms with van der Waals surface area (Å²) in [6.45, 7) is 3.35. The molecule has 0 spiro atoms. The number of rotatable bonds is 6. The molecule has 0 fully saturated rings.